The van der Waals surface area contributed by atoms with Crippen molar-refractivity contribution in [3.05, 3.63) is 59.7 Å². The molecule has 0 aromatic heterocycles. The molecule has 1 aliphatic carbocycles. The predicted octanol–water partition coefficient (Wildman–Crippen LogP) is 2.33. The second-order valence-corrected chi connectivity index (χ2v) is 9.02. The van der Waals surface area contributed by atoms with E-state index >= 15 is 0 Å². The number of carboxylic acids is 1. The molecule has 1 fully saturated rings. The number of carboxylic acid groups (broad SMARTS) is 1. The minimum Gasteiger partial charge on any atom is -0.504 e. The third-order valence-electron chi connectivity index (χ3n) is 5.73. The fraction of sp³-hybridized carbons (Fsp3) is 0.296. The Balaban J connectivity index is 1.81. The Labute approximate surface area is 222 Å². The topological polar surface area (TPSA) is 189 Å². The maximum absolute atomic E-state index is 11.7. The highest BCUT2D eigenvalue weighted by Crippen LogP contribution is 2.36. The summed E-state index contributed by atoms with van der Waals surface area (Å²) in [6, 6.07) is 8.25. The van der Waals surface area contributed by atoms with Crippen LogP contribution < -0.4 is 9.78 Å². The first-order chi connectivity index (χ1) is 18.4. The van der Waals surface area contributed by atoms with Crippen molar-refractivity contribution in [2.24, 2.45) is 0 Å². The highest BCUT2D eigenvalue weighted by Gasteiger charge is 2.52. The lowest BCUT2D eigenvalue weighted by molar-refractivity contribution is -0.355. The molecule has 1 saturated carbocycles. The van der Waals surface area contributed by atoms with Crippen LogP contribution in [0.1, 0.15) is 37.8 Å². The molecule has 12 nitrogen and oxygen atoms in total. The van der Waals surface area contributed by atoms with Gasteiger partial charge < -0.3 is 35.3 Å². The van der Waals surface area contributed by atoms with E-state index in [2.05, 4.69) is 0 Å². The van der Waals surface area contributed by atoms with Crippen LogP contribution in [0.2, 0.25) is 0 Å². The van der Waals surface area contributed by atoms with Crippen molar-refractivity contribution in [1.82, 2.24) is 0 Å². The van der Waals surface area contributed by atoms with Gasteiger partial charge in [-0.05, 0) is 61.4 Å². The lowest BCUT2D eigenvalue weighted by Gasteiger charge is -2.39. The van der Waals surface area contributed by atoms with Crippen LogP contribution in [-0.2, 0) is 24.2 Å². The number of aliphatic hydroxyl groups excluding tert-OH is 1. The second-order valence-electron chi connectivity index (χ2n) is 9.02. The number of hydrogen-bond donors (Lipinski definition) is 5. The number of phenolic OH excluding ortho intramolecular Hbond substituents is 2. The van der Waals surface area contributed by atoms with Crippen LogP contribution in [0.4, 0.5) is 0 Å². The molecule has 208 valence electrons. The monoisotopic (exact) mass is 544 g/mol. The molecule has 0 saturated heterocycles. The number of aromatic hydroxyl groups is 2. The lowest BCUT2D eigenvalue weighted by atomic mass is 9.80. The first-order valence-electron chi connectivity index (χ1n) is 11.7. The summed E-state index contributed by atoms with van der Waals surface area (Å²) < 4.78 is 0. The zero-order valence-corrected chi connectivity index (χ0v) is 21.0. The molecule has 39 heavy (non-hydrogen) atoms. The Morgan fingerprint density at radius 2 is 1.33 bits per heavy atom. The summed E-state index contributed by atoms with van der Waals surface area (Å²) in [5.74, 6) is -3.11. The summed E-state index contributed by atoms with van der Waals surface area (Å²) in [5, 5.41) is 50.9. The van der Waals surface area contributed by atoms with Crippen molar-refractivity contribution in [3.63, 3.8) is 0 Å². The first-order valence-corrected chi connectivity index (χ1v) is 11.7. The molecule has 0 radical (unpaired) electrons. The summed E-state index contributed by atoms with van der Waals surface area (Å²) in [6.45, 7) is 2.72. The van der Waals surface area contributed by atoms with E-state index in [9.17, 15) is 39.9 Å². The van der Waals surface area contributed by atoms with Crippen LogP contribution in [0.25, 0.3) is 12.2 Å². The zero-order chi connectivity index (χ0) is 28.7. The van der Waals surface area contributed by atoms with E-state index in [-0.39, 0.29) is 34.6 Å². The molecule has 0 bridgehead atoms. The number of carbonyl (C=O) groups excluding carboxylic acids is 2. The number of hydrogen-bond acceptors (Lipinski definition) is 11. The number of benzene rings is 2. The van der Waals surface area contributed by atoms with Crippen molar-refractivity contribution in [2.45, 2.75) is 50.6 Å². The van der Waals surface area contributed by atoms with E-state index in [0.29, 0.717) is 11.1 Å². The minimum atomic E-state index is -2.40. The number of phenols is 2. The molecular formula is C27H28O12. The smallest absolute Gasteiger partial charge is 0.335 e. The Morgan fingerprint density at radius 1 is 0.846 bits per heavy atom. The molecule has 4 unspecified atom stereocenters. The highest BCUT2D eigenvalue weighted by molar-refractivity contribution is 5.92. The average Bonchev–Trinajstić information content (AvgIpc) is 2.86. The third kappa shape index (κ3) is 7.88. The molecule has 12 heteroatoms. The maximum Gasteiger partial charge on any atom is 0.335 e. The maximum atomic E-state index is 11.7. The number of aliphatic hydroxyl groups is 2. The molecule has 0 spiro atoms. The highest BCUT2D eigenvalue weighted by atomic mass is 17.2. The number of rotatable bonds is 11. The van der Waals surface area contributed by atoms with Crippen molar-refractivity contribution < 1.29 is 59.5 Å². The Morgan fingerprint density at radius 3 is 1.79 bits per heavy atom. The summed E-state index contributed by atoms with van der Waals surface area (Å²) in [7, 11) is 0. The van der Waals surface area contributed by atoms with Crippen LogP contribution in [0.15, 0.2) is 48.6 Å². The third-order valence-corrected chi connectivity index (χ3v) is 5.73. The van der Waals surface area contributed by atoms with Crippen LogP contribution in [0.5, 0.6) is 23.0 Å². The minimum absolute atomic E-state index is 0.186. The number of ketones is 2. The van der Waals surface area contributed by atoms with Crippen molar-refractivity contribution in [2.75, 3.05) is 0 Å². The van der Waals surface area contributed by atoms with E-state index in [1.165, 1.54) is 74.5 Å². The van der Waals surface area contributed by atoms with Gasteiger partial charge in [0.05, 0.1) is 6.10 Å². The molecule has 1 aliphatic rings. The van der Waals surface area contributed by atoms with Gasteiger partial charge >= 0.3 is 5.97 Å². The molecule has 2 aromatic carbocycles. The van der Waals surface area contributed by atoms with E-state index in [4.69, 9.17) is 19.6 Å². The van der Waals surface area contributed by atoms with E-state index in [1.54, 1.807) is 0 Å². The van der Waals surface area contributed by atoms with Gasteiger partial charge in [0.2, 0.25) is 11.5 Å². The number of aliphatic carboxylic acids is 1. The van der Waals surface area contributed by atoms with Crippen LogP contribution in [0.3, 0.4) is 0 Å². The van der Waals surface area contributed by atoms with E-state index < -0.39 is 42.7 Å². The molecule has 2 aromatic rings. The van der Waals surface area contributed by atoms with E-state index in [1.807, 2.05) is 0 Å². The van der Waals surface area contributed by atoms with Gasteiger partial charge in [0.25, 0.3) is 0 Å². The van der Waals surface area contributed by atoms with Crippen molar-refractivity contribution in [1.29, 1.82) is 0 Å². The van der Waals surface area contributed by atoms with E-state index in [0.717, 1.165) is 0 Å². The second kappa shape index (κ2) is 12.5. The van der Waals surface area contributed by atoms with Gasteiger partial charge in [-0.3, -0.25) is 9.59 Å². The molecule has 4 atom stereocenters. The Bertz CT molecular complexity index is 1280. The fourth-order valence-corrected chi connectivity index (χ4v) is 3.68. The fourth-order valence-electron chi connectivity index (χ4n) is 3.68. The number of allylic oxidation sites excluding steroid dienone is 2. The zero-order valence-electron chi connectivity index (χ0n) is 21.0. The van der Waals surface area contributed by atoms with Crippen LogP contribution in [-0.4, -0.2) is 67.0 Å². The average molecular weight is 545 g/mol. The Kier molecular flexibility index (Phi) is 9.43. The van der Waals surface area contributed by atoms with Crippen molar-refractivity contribution >= 4 is 29.7 Å². The molecule has 5 N–H and O–H groups in total. The summed E-state index contributed by atoms with van der Waals surface area (Å²) in [6.07, 6.45) is -0.214. The van der Waals surface area contributed by atoms with Crippen LogP contribution >= 0.6 is 0 Å². The molecule has 0 heterocycles. The molecule has 0 aliphatic heterocycles. The summed E-state index contributed by atoms with van der Waals surface area (Å²) in [5.41, 5.74) is -1.45. The Hall–Kier alpha value is -4.23. The summed E-state index contributed by atoms with van der Waals surface area (Å²) >= 11 is 0. The SMILES string of the molecule is CC(=O)C=Cc1ccc(O)c(OOC2CC(O)(C(=O)O)CC(O)C2OOc2cc(C=CC(C)=O)ccc2O)c1. The quantitative estimate of drug-likeness (QED) is 0.158. The normalized spacial score (nSPS) is 23.1. The first kappa shape index (κ1) is 29.3. The molecule has 0 amide bonds. The van der Waals surface area contributed by atoms with Crippen LogP contribution in [0, 0.1) is 0 Å². The lowest BCUT2D eigenvalue weighted by Crippen LogP contribution is -2.58. The van der Waals surface area contributed by atoms with Crippen molar-refractivity contribution in [3.8, 4) is 23.0 Å². The van der Waals surface area contributed by atoms with Gasteiger partial charge in [-0.15, -0.1) is 0 Å². The van der Waals surface area contributed by atoms with Gasteiger partial charge in [0, 0.05) is 12.8 Å². The largest absolute Gasteiger partial charge is 0.504 e. The predicted molar refractivity (Wildman–Crippen MR) is 134 cm³/mol. The van der Waals surface area contributed by atoms with Gasteiger partial charge in [-0.2, -0.15) is 9.78 Å². The van der Waals surface area contributed by atoms with Gasteiger partial charge in [0.15, 0.2) is 34.8 Å². The number of carbonyl (C=O) groups is 3. The standard InChI is InChI=1S/C27H28O12/c1-15(28)3-5-17-7-9-19(30)22(11-17)36-38-24-14-27(35,26(33)34)13-21(32)25(24)39-37-23-12-18(6-4-16(2)29)8-10-20(23)31/h3-12,21,24-25,30-32,35H,13-14H2,1-2H3,(H,33,34). The van der Waals surface area contributed by atoms with Gasteiger partial charge in [-0.1, -0.05) is 24.3 Å². The molecule has 3 rings (SSSR count). The molecular weight excluding hydrogens is 516 g/mol. The van der Waals surface area contributed by atoms with Gasteiger partial charge in [-0.25, -0.2) is 4.79 Å². The summed E-state index contributed by atoms with van der Waals surface area (Å²) in [4.78, 5) is 55.1. The van der Waals surface area contributed by atoms with Gasteiger partial charge in [0.1, 0.15) is 6.10 Å².